The molecule has 0 aromatic carbocycles. The lowest BCUT2D eigenvalue weighted by molar-refractivity contribution is -0.0109. The quantitative estimate of drug-likeness (QED) is 0.726. The molecular formula is C11H16N2O. The molecule has 0 bridgehead atoms. The van der Waals surface area contributed by atoms with Gasteiger partial charge in [-0.3, -0.25) is 9.88 Å². The van der Waals surface area contributed by atoms with Crippen molar-refractivity contribution in [1.82, 2.24) is 9.88 Å². The summed E-state index contributed by atoms with van der Waals surface area (Å²) in [5.74, 6) is 0.856. The number of hydrogen-bond acceptors (Lipinski definition) is 3. The molecule has 3 nitrogen and oxygen atoms in total. The molecule has 14 heavy (non-hydrogen) atoms. The zero-order valence-corrected chi connectivity index (χ0v) is 8.73. The minimum absolute atomic E-state index is 0.218. The first-order chi connectivity index (χ1) is 6.71. The molecule has 1 atom stereocenters. The summed E-state index contributed by atoms with van der Waals surface area (Å²) in [6.45, 7) is 4.15. The van der Waals surface area contributed by atoms with Gasteiger partial charge in [0.15, 0.2) is 0 Å². The van der Waals surface area contributed by atoms with Gasteiger partial charge in [-0.25, -0.2) is 0 Å². The topological polar surface area (TPSA) is 25.4 Å². The Morgan fingerprint density at radius 1 is 1.64 bits per heavy atom. The van der Waals surface area contributed by atoms with Crippen molar-refractivity contribution in [2.75, 3.05) is 20.2 Å². The fourth-order valence-corrected chi connectivity index (χ4v) is 1.57. The zero-order chi connectivity index (χ0) is 10.0. The number of ether oxygens (including phenoxy) is 1. The van der Waals surface area contributed by atoms with Gasteiger partial charge in [-0.1, -0.05) is 0 Å². The van der Waals surface area contributed by atoms with E-state index in [0.29, 0.717) is 0 Å². The van der Waals surface area contributed by atoms with Crippen molar-refractivity contribution >= 4 is 0 Å². The van der Waals surface area contributed by atoms with E-state index >= 15 is 0 Å². The molecule has 0 spiro atoms. The second kappa shape index (κ2) is 3.58. The predicted octanol–water partition coefficient (Wildman–Crippen LogP) is 1.55. The van der Waals surface area contributed by atoms with Crippen molar-refractivity contribution in [2.24, 2.45) is 0 Å². The van der Waals surface area contributed by atoms with Crippen LogP contribution in [-0.4, -0.2) is 35.6 Å². The van der Waals surface area contributed by atoms with Crippen molar-refractivity contribution < 1.29 is 4.74 Å². The van der Waals surface area contributed by atoms with Crippen LogP contribution in [0.4, 0.5) is 0 Å². The van der Waals surface area contributed by atoms with Gasteiger partial charge in [-0.2, -0.15) is 0 Å². The lowest BCUT2D eigenvalue weighted by Gasteiger charge is -2.48. The Labute approximate surface area is 84.7 Å². The van der Waals surface area contributed by atoms with E-state index in [1.165, 1.54) is 13.0 Å². The Balaban J connectivity index is 1.89. The van der Waals surface area contributed by atoms with Gasteiger partial charge in [0.1, 0.15) is 12.4 Å². The third kappa shape index (κ3) is 1.73. The van der Waals surface area contributed by atoms with E-state index in [9.17, 15) is 0 Å². The summed E-state index contributed by atoms with van der Waals surface area (Å²) in [6.07, 6.45) is 4.72. The van der Waals surface area contributed by atoms with E-state index in [2.05, 4.69) is 23.9 Å². The maximum Gasteiger partial charge on any atom is 0.137 e. The van der Waals surface area contributed by atoms with Crippen molar-refractivity contribution in [1.29, 1.82) is 0 Å². The molecule has 1 aliphatic rings. The molecule has 0 unspecified atom stereocenters. The first-order valence-corrected chi connectivity index (χ1v) is 4.95. The van der Waals surface area contributed by atoms with Crippen LogP contribution in [-0.2, 0) is 0 Å². The van der Waals surface area contributed by atoms with E-state index in [4.69, 9.17) is 4.74 Å². The van der Waals surface area contributed by atoms with Crippen LogP contribution in [0.1, 0.15) is 13.3 Å². The van der Waals surface area contributed by atoms with E-state index in [-0.39, 0.29) is 5.54 Å². The monoisotopic (exact) mass is 192 g/mol. The van der Waals surface area contributed by atoms with E-state index < -0.39 is 0 Å². The number of aromatic nitrogens is 1. The fraction of sp³-hybridized carbons (Fsp3) is 0.545. The number of likely N-dealkylation sites (N-methyl/N-ethyl adjacent to an activating group) is 1. The Kier molecular flexibility index (Phi) is 2.42. The van der Waals surface area contributed by atoms with Crippen LogP contribution >= 0.6 is 0 Å². The number of hydrogen-bond donors (Lipinski definition) is 0. The lowest BCUT2D eigenvalue weighted by atomic mass is 9.88. The van der Waals surface area contributed by atoms with E-state index in [1.54, 1.807) is 12.4 Å². The van der Waals surface area contributed by atoms with Gasteiger partial charge < -0.3 is 4.74 Å². The molecular weight excluding hydrogens is 176 g/mol. The van der Waals surface area contributed by atoms with Gasteiger partial charge in [-0.05, 0) is 32.5 Å². The van der Waals surface area contributed by atoms with Gasteiger partial charge in [-0.15, -0.1) is 0 Å². The summed E-state index contributed by atoms with van der Waals surface area (Å²) in [7, 11) is 2.14. The van der Waals surface area contributed by atoms with Crippen LogP contribution in [0, 0.1) is 0 Å². The average molecular weight is 192 g/mol. The SMILES string of the molecule is CN1CC[C@@]1(C)COc1cccnc1. The summed E-state index contributed by atoms with van der Waals surface area (Å²) in [5, 5.41) is 0. The molecule has 1 fully saturated rings. The highest BCUT2D eigenvalue weighted by Crippen LogP contribution is 2.28. The minimum atomic E-state index is 0.218. The van der Waals surface area contributed by atoms with Gasteiger partial charge in [0, 0.05) is 12.7 Å². The van der Waals surface area contributed by atoms with Crippen LogP contribution in [0.25, 0.3) is 0 Å². The first kappa shape index (κ1) is 9.46. The van der Waals surface area contributed by atoms with Crippen LogP contribution in [0.2, 0.25) is 0 Å². The van der Waals surface area contributed by atoms with Crippen molar-refractivity contribution in [3.63, 3.8) is 0 Å². The molecule has 2 heterocycles. The first-order valence-electron chi connectivity index (χ1n) is 4.95. The Morgan fingerprint density at radius 3 is 3.00 bits per heavy atom. The number of rotatable bonds is 3. The van der Waals surface area contributed by atoms with Gasteiger partial charge in [0.2, 0.25) is 0 Å². The highest BCUT2D eigenvalue weighted by Gasteiger charge is 2.38. The van der Waals surface area contributed by atoms with Crippen LogP contribution in [0.15, 0.2) is 24.5 Å². The fourth-order valence-electron chi connectivity index (χ4n) is 1.57. The molecule has 0 aliphatic carbocycles. The number of nitrogens with zero attached hydrogens (tertiary/aromatic N) is 2. The number of pyridine rings is 1. The van der Waals surface area contributed by atoms with Crippen molar-refractivity contribution in [2.45, 2.75) is 18.9 Å². The maximum absolute atomic E-state index is 5.68. The second-order valence-electron chi connectivity index (χ2n) is 4.15. The highest BCUT2D eigenvalue weighted by molar-refractivity contribution is 5.16. The summed E-state index contributed by atoms with van der Waals surface area (Å²) in [6, 6.07) is 3.83. The van der Waals surface area contributed by atoms with Gasteiger partial charge in [0.25, 0.3) is 0 Å². The Morgan fingerprint density at radius 2 is 2.50 bits per heavy atom. The predicted molar refractivity (Wildman–Crippen MR) is 55.4 cm³/mol. The molecule has 1 aromatic heterocycles. The highest BCUT2D eigenvalue weighted by atomic mass is 16.5. The van der Waals surface area contributed by atoms with Gasteiger partial charge in [0.05, 0.1) is 11.7 Å². The van der Waals surface area contributed by atoms with Crippen molar-refractivity contribution in [3.05, 3.63) is 24.5 Å². The van der Waals surface area contributed by atoms with Crippen molar-refractivity contribution in [3.8, 4) is 5.75 Å². The van der Waals surface area contributed by atoms with E-state index in [1.807, 2.05) is 12.1 Å². The Bertz CT molecular complexity index is 301. The number of likely N-dealkylation sites (tertiary alicyclic amines) is 1. The normalized spacial score (nSPS) is 27.0. The third-order valence-corrected chi connectivity index (χ3v) is 3.09. The minimum Gasteiger partial charge on any atom is -0.490 e. The second-order valence-corrected chi connectivity index (χ2v) is 4.15. The molecule has 0 radical (unpaired) electrons. The molecule has 1 saturated heterocycles. The smallest absolute Gasteiger partial charge is 0.137 e. The summed E-state index contributed by atoms with van der Waals surface area (Å²) >= 11 is 0. The maximum atomic E-state index is 5.68. The van der Waals surface area contributed by atoms with E-state index in [0.717, 1.165) is 12.4 Å². The zero-order valence-electron chi connectivity index (χ0n) is 8.73. The summed E-state index contributed by atoms with van der Waals surface area (Å²) in [5.41, 5.74) is 0.218. The molecule has 0 amide bonds. The molecule has 0 saturated carbocycles. The molecule has 2 rings (SSSR count). The van der Waals surface area contributed by atoms with Crippen LogP contribution in [0.3, 0.4) is 0 Å². The van der Waals surface area contributed by atoms with Crippen LogP contribution < -0.4 is 4.74 Å². The summed E-state index contributed by atoms with van der Waals surface area (Å²) < 4.78 is 5.68. The summed E-state index contributed by atoms with van der Waals surface area (Å²) in [4.78, 5) is 6.33. The largest absolute Gasteiger partial charge is 0.490 e. The molecule has 1 aromatic rings. The molecule has 0 N–H and O–H groups in total. The van der Waals surface area contributed by atoms with Crippen LogP contribution in [0.5, 0.6) is 5.75 Å². The molecule has 3 heteroatoms. The standard InChI is InChI=1S/C11H16N2O/c1-11(5-7-13(11)2)9-14-10-4-3-6-12-8-10/h3-4,6,8H,5,7,9H2,1-2H3/t11-/m0/s1. The third-order valence-electron chi connectivity index (χ3n) is 3.09. The molecule has 76 valence electrons. The lowest BCUT2D eigenvalue weighted by Crippen LogP contribution is -2.58. The molecule has 1 aliphatic heterocycles. The Hall–Kier alpha value is -1.09. The average Bonchev–Trinajstić information content (AvgIpc) is 2.25. The van der Waals surface area contributed by atoms with Gasteiger partial charge >= 0.3 is 0 Å².